The van der Waals surface area contributed by atoms with Gasteiger partial charge in [-0.2, -0.15) is 0 Å². The first-order valence-corrected chi connectivity index (χ1v) is 7.60. The lowest BCUT2D eigenvalue weighted by molar-refractivity contribution is 0.0277. The molecule has 4 heteroatoms. The van der Waals surface area contributed by atoms with E-state index in [0.717, 1.165) is 48.4 Å². The summed E-state index contributed by atoms with van der Waals surface area (Å²) in [6.07, 6.45) is 7.48. The van der Waals surface area contributed by atoms with Gasteiger partial charge in [0.1, 0.15) is 12.4 Å². The Balaban J connectivity index is 2.03. The predicted octanol–water partition coefficient (Wildman–Crippen LogP) is 3.12. The zero-order chi connectivity index (χ0) is 14.4. The standard InChI is InChI=1S/C16H20BrNO2/c1-3-8-20-15-6-5-14(17)10-13(15)11-18-16(2)7-4-9-19-12-16/h1,5-6,10,18H,4,7-9,11-12H2,2H3. The van der Waals surface area contributed by atoms with Crippen molar-refractivity contribution in [3.63, 3.8) is 0 Å². The minimum Gasteiger partial charge on any atom is -0.481 e. The Morgan fingerprint density at radius 1 is 1.55 bits per heavy atom. The summed E-state index contributed by atoms with van der Waals surface area (Å²) in [5.74, 6) is 3.33. The van der Waals surface area contributed by atoms with E-state index in [1.54, 1.807) is 0 Å². The fourth-order valence-corrected chi connectivity index (χ4v) is 2.74. The lowest BCUT2D eigenvalue weighted by Gasteiger charge is -2.34. The molecule has 0 aliphatic carbocycles. The Morgan fingerprint density at radius 2 is 2.40 bits per heavy atom. The van der Waals surface area contributed by atoms with Gasteiger partial charge in [0, 0.05) is 28.7 Å². The van der Waals surface area contributed by atoms with Crippen LogP contribution < -0.4 is 10.1 Å². The number of halogens is 1. The van der Waals surface area contributed by atoms with Crippen molar-refractivity contribution >= 4 is 15.9 Å². The average molecular weight is 338 g/mol. The maximum Gasteiger partial charge on any atom is 0.148 e. The van der Waals surface area contributed by atoms with E-state index in [1.165, 1.54) is 0 Å². The summed E-state index contributed by atoms with van der Waals surface area (Å²) in [5, 5.41) is 3.58. The highest BCUT2D eigenvalue weighted by atomic mass is 79.9. The van der Waals surface area contributed by atoms with Gasteiger partial charge in [-0.15, -0.1) is 6.42 Å². The van der Waals surface area contributed by atoms with Crippen LogP contribution in [-0.4, -0.2) is 25.4 Å². The van der Waals surface area contributed by atoms with Gasteiger partial charge >= 0.3 is 0 Å². The molecule has 1 aromatic rings. The number of nitrogens with one attached hydrogen (secondary N) is 1. The molecule has 1 N–H and O–H groups in total. The number of hydrogen-bond donors (Lipinski definition) is 1. The zero-order valence-electron chi connectivity index (χ0n) is 11.7. The van der Waals surface area contributed by atoms with Crippen LogP contribution in [0.5, 0.6) is 5.75 Å². The van der Waals surface area contributed by atoms with Gasteiger partial charge in [0.15, 0.2) is 0 Å². The Kier molecular flexibility index (Phi) is 5.47. The van der Waals surface area contributed by atoms with Gasteiger partial charge < -0.3 is 14.8 Å². The minimum atomic E-state index is 0.0317. The summed E-state index contributed by atoms with van der Waals surface area (Å²) >= 11 is 3.50. The summed E-state index contributed by atoms with van der Waals surface area (Å²) < 4.78 is 12.2. The molecule has 20 heavy (non-hydrogen) atoms. The largest absolute Gasteiger partial charge is 0.481 e. The maximum atomic E-state index is 5.59. The fourth-order valence-electron chi connectivity index (χ4n) is 2.33. The van der Waals surface area contributed by atoms with Crippen molar-refractivity contribution in [2.45, 2.75) is 31.8 Å². The van der Waals surface area contributed by atoms with Crippen LogP contribution in [0.4, 0.5) is 0 Å². The van der Waals surface area contributed by atoms with Crippen LogP contribution in [-0.2, 0) is 11.3 Å². The highest BCUT2D eigenvalue weighted by molar-refractivity contribution is 9.10. The molecule has 1 aliphatic rings. The van der Waals surface area contributed by atoms with E-state index >= 15 is 0 Å². The van der Waals surface area contributed by atoms with Gasteiger partial charge in [-0.1, -0.05) is 21.9 Å². The molecule has 1 heterocycles. The Labute approximate surface area is 129 Å². The molecule has 1 saturated heterocycles. The Morgan fingerprint density at radius 3 is 3.10 bits per heavy atom. The highest BCUT2D eigenvalue weighted by Gasteiger charge is 2.27. The van der Waals surface area contributed by atoms with Gasteiger partial charge in [0.2, 0.25) is 0 Å². The molecule has 1 aliphatic heterocycles. The Bertz CT molecular complexity index is 490. The van der Waals surface area contributed by atoms with Crippen LogP contribution in [0.15, 0.2) is 22.7 Å². The van der Waals surface area contributed by atoms with E-state index in [1.807, 2.05) is 12.1 Å². The molecule has 1 aromatic carbocycles. The molecule has 0 bridgehead atoms. The molecule has 0 saturated carbocycles. The molecule has 0 spiro atoms. The summed E-state index contributed by atoms with van der Waals surface area (Å²) in [6.45, 7) is 4.84. The molecule has 1 atom stereocenters. The fraction of sp³-hybridized carbons (Fsp3) is 0.500. The third kappa shape index (κ3) is 4.24. The van der Waals surface area contributed by atoms with Crippen LogP contribution in [0.3, 0.4) is 0 Å². The summed E-state index contributed by atoms with van der Waals surface area (Å²) in [6, 6.07) is 5.96. The molecule has 0 amide bonds. The second-order valence-electron chi connectivity index (χ2n) is 5.32. The lowest BCUT2D eigenvalue weighted by Crippen LogP contribution is -2.48. The number of hydrogen-bond acceptors (Lipinski definition) is 3. The van der Waals surface area contributed by atoms with Gasteiger partial charge in [-0.3, -0.25) is 0 Å². The van der Waals surface area contributed by atoms with Gasteiger partial charge in [0.25, 0.3) is 0 Å². The van der Waals surface area contributed by atoms with Crippen molar-refractivity contribution < 1.29 is 9.47 Å². The van der Waals surface area contributed by atoms with Gasteiger partial charge in [-0.25, -0.2) is 0 Å². The SMILES string of the molecule is C#CCOc1ccc(Br)cc1CNC1(C)CCCOC1. The van der Waals surface area contributed by atoms with E-state index in [0.29, 0.717) is 0 Å². The number of rotatable bonds is 5. The van der Waals surface area contributed by atoms with E-state index in [2.05, 4.69) is 40.2 Å². The second kappa shape index (κ2) is 7.12. The van der Waals surface area contributed by atoms with Crippen LogP contribution in [0.1, 0.15) is 25.3 Å². The van der Waals surface area contributed by atoms with Crippen LogP contribution in [0.2, 0.25) is 0 Å². The Hall–Kier alpha value is -1.02. The van der Waals surface area contributed by atoms with Crippen molar-refractivity contribution in [2.75, 3.05) is 19.8 Å². The number of terminal acetylenes is 1. The molecule has 0 aromatic heterocycles. The van der Waals surface area contributed by atoms with E-state index in [9.17, 15) is 0 Å². The molecule has 1 fully saturated rings. The maximum absolute atomic E-state index is 5.59. The smallest absolute Gasteiger partial charge is 0.148 e. The molecular weight excluding hydrogens is 318 g/mol. The second-order valence-corrected chi connectivity index (χ2v) is 6.23. The first-order valence-electron chi connectivity index (χ1n) is 6.80. The predicted molar refractivity (Wildman–Crippen MR) is 83.8 cm³/mol. The quantitative estimate of drug-likeness (QED) is 0.837. The zero-order valence-corrected chi connectivity index (χ0v) is 13.3. The molecule has 0 radical (unpaired) electrons. The van der Waals surface area contributed by atoms with Crippen molar-refractivity contribution in [2.24, 2.45) is 0 Å². The number of ether oxygens (including phenoxy) is 2. The molecular formula is C16H20BrNO2. The third-order valence-electron chi connectivity index (χ3n) is 3.48. The van der Waals surface area contributed by atoms with E-state index < -0.39 is 0 Å². The average Bonchev–Trinajstić information content (AvgIpc) is 2.45. The first-order chi connectivity index (χ1) is 9.63. The van der Waals surface area contributed by atoms with Crippen LogP contribution in [0.25, 0.3) is 0 Å². The van der Waals surface area contributed by atoms with Crippen molar-refractivity contribution in [3.05, 3.63) is 28.2 Å². The highest BCUT2D eigenvalue weighted by Crippen LogP contribution is 2.25. The molecule has 108 valence electrons. The molecule has 1 unspecified atom stereocenters. The van der Waals surface area contributed by atoms with Gasteiger partial charge in [-0.05, 0) is 38.0 Å². The molecule has 2 rings (SSSR count). The van der Waals surface area contributed by atoms with Crippen molar-refractivity contribution in [3.8, 4) is 18.1 Å². The van der Waals surface area contributed by atoms with Crippen molar-refractivity contribution in [1.29, 1.82) is 0 Å². The third-order valence-corrected chi connectivity index (χ3v) is 3.97. The van der Waals surface area contributed by atoms with Gasteiger partial charge in [0.05, 0.1) is 6.61 Å². The van der Waals surface area contributed by atoms with Crippen molar-refractivity contribution in [1.82, 2.24) is 5.32 Å². The number of benzene rings is 1. The monoisotopic (exact) mass is 337 g/mol. The normalized spacial score (nSPS) is 22.2. The minimum absolute atomic E-state index is 0.0317. The topological polar surface area (TPSA) is 30.5 Å². The van der Waals surface area contributed by atoms with Crippen LogP contribution in [0, 0.1) is 12.3 Å². The van der Waals surface area contributed by atoms with E-state index in [-0.39, 0.29) is 12.1 Å². The van der Waals surface area contributed by atoms with Crippen LogP contribution >= 0.6 is 15.9 Å². The summed E-state index contributed by atoms with van der Waals surface area (Å²) in [4.78, 5) is 0. The first kappa shape index (κ1) is 15.4. The summed E-state index contributed by atoms with van der Waals surface area (Å²) in [5.41, 5.74) is 1.13. The molecule has 3 nitrogen and oxygen atoms in total. The summed E-state index contributed by atoms with van der Waals surface area (Å²) in [7, 11) is 0. The lowest BCUT2D eigenvalue weighted by atomic mass is 9.94. The van der Waals surface area contributed by atoms with E-state index in [4.69, 9.17) is 15.9 Å².